The Labute approximate surface area is 207 Å². The third kappa shape index (κ3) is 6.99. The van der Waals surface area contributed by atoms with Crippen molar-refractivity contribution >= 4 is 38.2 Å². The highest BCUT2D eigenvalue weighted by atomic mass is 32.2. The van der Waals surface area contributed by atoms with Crippen molar-refractivity contribution in [3.63, 3.8) is 0 Å². The van der Waals surface area contributed by atoms with Crippen LogP contribution in [0, 0.1) is 0 Å². The van der Waals surface area contributed by atoms with E-state index in [1.807, 2.05) is 13.8 Å². The summed E-state index contributed by atoms with van der Waals surface area (Å²) in [5.74, 6) is -0.157. The van der Waals surface area contributed by atoms with Gasteiger partial charge < -0.3 is 14.2 Å². The van der Waals surface area contributed by atoms with E-state index in [0.29, 0.717) is 5.75 Å². The first-order valence-corrected chi connectivity index (χ1v) is 13.3. The average molecular weight is 520 g/mol. The molecule has 0 atom stereocenters. The van der Waals surface area contributed by atoms with Gasteiger partial charge >= 0.3 is 5.97 Å². The fourth-order valence-electron chi connectivity index (χ4n) is 2.80. The molecule has 0 bridgehead atoms. The van der Waals surface area contributed by atoms with Crippen molar-refractivity contribution < 1.29 is 32.2 Å². The number of hydrogen-bond donors (Lipinski definition) is 1. The van der Waals surface area contributed by atoms with Gasteiger partial charge in [-0.3, -0.25) is 10.1 Å². The number of amides is 1. The first kappa shape index (κ1) is 26.1. The largest absolute Gasteiger partial charge is 0.491 e. The van der Waals surface area contributed by atoms with E-state index in [1.54, 1.807) is 19.1 Å². The van der Waals surface area contributed by atoms with Crippen LogP contribution >= 0.6 is 11.3 Å². The molecule has 2 heterocycles. The first-order chi connectivity index (χ1) is 16.6. The van der Waals surface area contributed by atoms with Crippen molar-refractivity contribution in [2.45, 2.75) is 38.8 Å². The maximum atomic E-state index is 12.9. The van der Waals surface area contributed by atoms with Crippen molar-refractivity contribution in [3.8, 4) is 17.2 Å². The molecule has 12 heteroatoms. The molecule has 1 N–H and O–H groups in total. The molecule has 0 saturated heterocycles. The van der Waals surface area contributed by atoms with E-state index in [9.17, 15) is 18.0 Å². The number of carbonyl (C=O) groups excluding carboxylic acids is 2. The topological polar surface area (TPSA) is 134 Å². The molecular formula is C23H25N3O7S2. The third-order valence-corrected chi connectivity index (χ3v) is 6.76. The van der Waals surface area contributed by atoms with Gasteiger partial charge in [-0.25, -0.2) is 23.2 Å². The molecule has 0 saturated carbocycles. The minimum absolute atomic E-state index is 0.0463. The molecule has 1 amide bonds. The molecule has 0 spiro atoms. The Morgan fingerprint density at radius 1 is 1.09 bits per heavy atom. The summed E-state index contributed by atoms with van der Waals surface area (Å²) in [5.41, 5.74) is 0.332. The zero-order valence-corrected chi connectivity index (χ0v) is 21.2. The molecule has 0 aliphatic rings. The van der Waals surface area contributed by atoms with Crippen molar-refractivity contribution in [2.24, 2.45) is 0 Å². The lowest BCUT2D eigenvalue weighted by molar-refractivity contribution is 0.0520. The zero-order chi connectivity index (χ0) is 25.6. The van der Waals surface area contributed by atoms with Crippen LogP contribution in [0.25, 0.3) is 0 Å². The summed E-state index contributed by atoms with van der Waals surface area (Å²) in [5, 5.41) is 4.33. The highest BCUT2D eigenvalue weighted by Crippen LogP contribution is 2.29. The van der Waals surface area contributed by atoms with Crippen molar-refractivity contribution in [3.05, 3.63) is 53.2 Å². The Bertz CT molecular complexity index is 1300. The minimum Gasteiger partial charge on any atom is -0.491 e. The van der Waals surface area contributed by atoms with Gasteiger partial charge in [0.25, 0.3) is 5.91 Å². The van der Waals surface area contributed by atoms with E-state index in [0.717, 1.165) is 11.3 Å². The lowest BCUT2D eigenvalue weighted by Crippen LogP contribution is -2.13. The number of nitrogens with zero attached hydrogens (tertiary/aromatic N) is 2. The predicted molar refractivity (Wildman–Crippen MR) is 130 cm³/mol. The number of benzene rings is 1. The standard InChI is InChI=1S/C23H25N3O7S2/c1-5-31-22(28)19-13-34-23(25-19)26-21(27)15-9-17(32-14(3)4)11-18(10-15)33-16-7-8-20(24-12-16)35(29,30)6-2/h7-14H,5-6H2,1-4H3,(H,25,26,27). The summed E-state index contributed by atoms with van der Waals surface area (Å²) in [6, 6.07) is 7.50. The maximum Gasteiger partial charge on any atom is 0.357 e. The van der Waals surface area contributed by atoms with Crippen LogP contribution in [0.4, 0.5) is 5.13 Å². The van der Waals surface area contributed by atoms with E-state index < -0.39 is 21.7 Å². The van der Waals surface area contributed by atoms with Crippen molar-refractivity contribution in [1.82, 2.24) is 9.97 Å². The minimum atomic E-state index is -3.44. The van der Waals surface area contributed by atoms with Gasteiger partial charge in [-0.15, -0.1) is 11.3 Å². The Balaban J connectivity index is 1.83. The van der Waals surface area contributed by atoms with E-state index >= 15 is 0 Å². The van der Waals surface area contributed by atoms with Crippen LogP contribution in [0.1, 0.15) is 48.5 Å². The van der Waals surface area contributed by atoms with Gasteiger partial charge in [0.1, 0.15) is 17.2 Å². The number of pyridine rings is 1. The van der Waals surface area contributed by atoms with E-state index in [1.165, 1.54) is 36.7 Å². The molecule has 0 radical (unpaired) electrons. The van der Waals surface area contributed by atoms with Gasteiger partial charge in [-0.1, -0.05) is 6.92 Å². The van der Waals surface area contributed by atoms with Gasteiger partial charge in [0, 0.05) is 17.0 Å². The SMILES string of the molecule is CCOC(=O)c1csc(NC(=O)c2cc(Oc3ccc(S(=O)(=O)CC)nc3)cc(OC(C)C)c2)n1. The van der Waals surface area contributed by atoms with Gasteiger partial charge in [-0.05, 0) is 45.0 Å². The van der Waals surface area contributed by atoms with Crippen LogP contribution in [0.2, 0.25) is 0 Å². The maximum absolute atomic E-state index is 12.9. The summed E-state index contributed by atoms with van der Waals surface area (Å²) in [4.78, 5) is 32.8. The predicted octanol–water partition coefficient (Wildman–Crippen LogP) is 4.34. The molecule has 0 aliphatic heterocycles. The van der Waals surface area contributed by atoms with Gasteiger partial charge in [0.15, 0.2) is 25.7 Å². The number of rotatable bonds is 10. The summed E-state index contributed by atoms with van der Waals surface area (Å²) < 4.78 is 40.4. The number of hydrogen-bond acceptors (Lipinski definition) is 10. The third-order valence-electron chi connectivity index (χ3n) is 4.37. The summed E-state index contributed by atoms with van der Waals surface area (Å²) >= 11 is 1.09. The number of anilines is 1. The number of nitrogens with one attached hydrogen (secondary N) is 1. The number of thiazole rings is 1. The fraction of sp³-hybridized carbons (Fsp3) is 0.304. The Kier molecular flexibility index (Phi) is 8.41. The van der Waals surface area contributed by atoms with E-state index in [2.05, 4.69) is 15.3 Å². The Hall–Kier alpha value is -3.51. The average Bonchev–Trinajstić information content (AvgIpc) is 3.27. The van der Waals surface area contributed by atoms with Crippen molar-refractivity contribution in [1.29, 1.82) is 0 Å². The second kappa shape index (κ2) is 11.3. The van der Waals surface area contributed by atoms with Crippen LogP contribution in [0.3, 0.4) is 0 Å². The number of ether oxygens (including phenoxy) is 3. The van der Waals surface area contributed by atoms with Gasteiger partial charge in [0.05, 0.1) is 24.7 Å². The van der Waals surface area contributed by atoms with Crippen LogP contribution in [-0.4, -0.2) is 48.7 Å². The van der Waals surface area contributed by atoms with Gasteiger partial charge in [0.2, 0.25) is 0 Å². The van der Waals surface area contributed by atoms with Crippen LogP contribution in [0.5, 0.6) is 17.2 Å². The number of aromatic nitrogens is 2. The van der Waals surface area contributed by atoms with Gasteiger partial charge in [-0.2, -0.15) is 0 Å². The Morgan fingerprint density at radius 2 is 1.83 bits per heavy atom. The van der Waals surface area contributed by atoms with E-state index in [-0.39, 0.29) is 51.4 Å². The molecule has 0 unspecified atom stereocenters. The number of carbonyl (C=O) groups is 2. The molecule has 186 valence electrons. The second-order valence-corrected chi connectivity index (χ2v) is 10.5. The lowest BCUT2D eigenvalue weighted by Gasteiger charge is -2.14. The number of esters is 1. The monoisotopic (exact) mass is 519 g/mol. The quantitative estimate of drug-likeness (QED) is 0.388. The van der Waals surface area contributed by atoms with Crippen LogP contribution in [0.15, 0.2) is 46.9 Å². The zero-order valence-electron chi connectivity index (χ0n) is 19.6. The fourth-order valence-corrected chi connectivity index (χ4v) is 4.26. The molecule has 0 aliphatic carbocycles. The molecule has 1 aromatic carbocycles. The molecule has 0 fully saturated rings. The molecule has 35 heavy (non-hydrogen) atoms. The lowest BCUT2D eigenvalue weighted by atomic mass is 10.2. The van der Waals surface area contributed by atoms with Crippen LogP contribution in [-0.2, 0) is 14.6 Å². The molecule has 3 rings (SSSR count). The van der Waals surface area contributed by atoms with Crippen LogP contribution < -0.4 is 14.8 Å². The Morgan fingerprint density at radius 3 is 2.46 bits per heavy atom. The van der Waals surface area contributed by atoms with E-state index in [4.69, 9.17) is 14.2 Å². The molecule has 2 aromatic heterocycles. The summed E-state index contributed by atoms with van der Waals surface area (Å²) in [6.45, 7) is 7.14. The normalized spacial score (nSPS) is 11.2. The summed E-state index contributed by atoms with van der Waals surface area (Å²) in [7, 11) is -3.44. The first-order valence-electron chi connectivity index (χ1n) is 10.7. The number of sulfone groups is 1. The highest BCUT2D eigenvalue weighted by Gasteiger charge is 2.17. The molecular weight excluding hydrogens is 494 g/mol. The smallest absolute Gasteiger partial charge is 0.357 e. The van der Waals surface area contributed by atoms with Crippen molar-refractivity contribution in [2.75, 3.05) is 17.7 Å². The highest BCUT2D eigenvalue weighted by molar-refractivity contribution is 7.91. The molecule has 3 aromatic rings. The summed E-state index contributed by atoms with van der Waals surface area (Å²) in [6.07, 6.45) is 1.14. The molecule has 10 nitrogen and oxygen atoms in total. The second-order valence-electron chi connectivity index (χ2n) is 7.41.